The molecule has 0 spiro atoms. The normalized spacial score (nSPS) is 20.3. The minimum atomic E-state index is -0.0937. The number of thiophene rings is 1. The highest BCUT2D eigenvalue weighted by molar-refractivity contribution is 7.17. The smallest absolute Gasteiger partial charge is 0.160 e. The van der Waals surface area contributed by atoms with E-state index in [2.05, 4.69) is 18.7 Å². The van der Waals surface area contributed by atoms with Crippen molar-refractivity contribution in [2.45, 2.75) is 19.4 Å². The van der Waals surface area contributed by atoms with Gasteiger partial charge in [-0.3, -0.25) is 4.79 Å². The van der Waals surface area contributed by atoms with Crippen molar-refractivity contribution in [3.8, 4) is 0 Å². The van der Waals surface area contributed by atoms with Crippen LogP contribution in [0.2, 0.25) is 0 Å². The first-order valence-corrected chi connectivity index (χ1v) is 5.86. The Hall–Kier alpha value is -0.870. The van der Waals surface area contributed by atoms with Crippen molar-refractivity contribution in [2.24, 2.45) is 0 Å². The molecule has 1 fully saturated rings. The molecule has 0 atom stereocenters. The summed E-state index contributed by atoms with van der Waals surface area (Å²) in [5.74, 6) is 0. The van der Waals surface area contributed by atoms with E-state index < -0.39 is 0 Å². The summed E-state index contributed by atoms with van der Waals surface area (Å²) in [6.07, 6.45) is 0.903. The third kappa shape index (κ3) is 2.38. The van der Waals surface area contributed by atoms with Crippen LogP contribution in [-0.2, 0) is 4.74 Å². The third-order valence-electron chi connectivity index (χ3n) is 2.47. The molecule has 1 aromatic heterocycles. The Kier molecular flexibility index (Phi) is 2.80. The SMILES string of the molecule is CC1(C)CN(c2ccc(C=O)s2)CCO1. The van der Waals surface area contributed by atoms with Gasteiger partial charge in [-0.15, -0.1) is 11.3 Å². The summed E-state index contributed by atoms with van der Waals surface area (Å²) in [6.45, 7) is 6.72. The van der Waals surface area contributed by atoms with Gasteiger partial charge in [0.25, 0.3) is 0 Å². The fraction of sp³-hybridized carbons (Fsp3) is 0.545. The summed E-state index contributed by atoms with van der Waals surface area (Å²) in [6, 6.07) is 3.88. The quantitative estimate of drug-likeness (QED) is 0.722. The van der Waals surface area contributed by atoms with E-state index in [1.54, 1.807) is 11.3 Å². The van der Waals surface area contributed by atoms with Gasteiger partial charge < -0.3 is 9.64 Å². The van der Waals surface area contributed by atoms with Gasteiger partial charge >= 0.3 is 0 Å². The highest BCUT2D eigenvalue weighted by atomic mass is 32.1. The minimum absolute atomic E-state index is 0.0937. The Labute approximate surface area is 93.7 Å². The maximum Gasteiger partial charge on any atom is 0.160 e. The molecule has 0 saturated carbocycles. The number of anilines is 1. The van der Waals surface area contributed by atoms with Gasteiger partial charge in [0.1, 0.15) is 0 Å². The number of ether oxygens (including phenoxy) is 1. The maximum atomic E-state index is 10.6. The van der Waals surface area contributed by atoms with Crippen molar-refractivity contribution >= 4 is 22.6 Å². The number of morpholine rings is 1. The lowest BCUT2D eigenvalue weighted by atomic mass is 10.1. The lowest BCUT2D eigenvalue weighted by molar-refractivity contribution is -0.0275. The highest BCUT2D eigenvalue weighted by Gasteiger charge is 2.27. The molecule has 0 amide bonds. The average molecular weight is 225 g/mol. The second-order valence-corrected chi connectivity index (χ2v) is 5.42. The highest BCUT2D eigenvalue weighted by Crippen LogP contribution is 2.28. The van der Waals surface area contributed by atoms with Crippen LogP contribution in [0.4, 0.5) is 5.00 Å². The van der Waals surface area contributed by atoms with E-state index in [1.807, 2.05) is 12.1 Å². The van der Waals surface area contributed by atoms with Gasteiger partial charge in [0.2, 0.25) is 0 Å². The number of carbonyl (C=O) groups is 1. The molecule has 0 N–H and O–H groups in total. The topological polar surface area (TPSA) is 29.5 Å². The number of hydrogen-bond acceptors (Lipinski definition) is 4. The summed E-state index contributed by atoms with van der Waals surface area (Å²) in [5, 5.41) is 1.16. The van der Waals surface area contributed by atoms with E-state index >= 15 is 0 Å². The van der Waals surface area contributed by atoms with Crippen molar-refractivity contribution in [3.05, 3.63) is 17.0 Å². The zero-order valence-corrected chi connectivity index (χ0v) is 9.84. The van der Waals surface area contributed by atoms with E-state index in [-0.39, 0.29) is 5.60 Å². The Morgan fingerprint density at radius 1 is 1.53 bits per heavy atom. The van der Waals surface area contributed by atoms with Crippen molar-refractivity contribution in [3.63, 3.8) is 0 Å². The molecular weight excluding hydrogens is 210 g/mol. The summed E-state index contributed by atoms with van der Waals surface area (Å²) in [4.78, 5) is 13.7. The van der Waals surface area contributed by atoms with Crippen molar-refractivity contribution < 1.29 is 9.53 Å². The van der Waals surface area contributed by atoms with Crippen LogP contribution in [0.25, 0.3) is 0 Å². The maximum absolute atomic E-state index is 10.6. The zero-order chi connectivity index (χ0) is 10.9. The van der Waals surface area contributed by atoms with Gasteiger partial charge in [-0.1, -0.05) is 0 Å². The molecule has 1 aliphatic heterocycles. The Balaban J connectivity index is 2.13. The fourth-order valence-corrected chi connectivity index (χ4v) is 2.63. The molecule has 3 nitrogen and oxygen atoms in total. The van der Waals surface area contributed by atoms with Crippen LogP contribution < -0.4 is 4.90 Å². The van der Waals surface area contributed by atoms with Crippen LogP contribution in [-0.4, -0.2) is 31.6 Å². The summed E-state index contributed by atoms with van der Waals surface area (Å²) < 4.78 is 5.64. The number of hydrogen-bond donors (Lipinski definition) is 0. The fourth-order valence-electron chi connectivity index (χ4n) is 1.78. The third-order valence-corrected chi connectivity index (χ3v) is 3.54. The van der Waals surface area contributed by atoms with E-state index in [1.165, 1.54) is 0 Å². The second kappa shape index (κ2) is 3.94. The van der Waals surface area contributed by atoms with Gasteiger partial charge in [-0.05, 0) is 26.0 Å². The van der Waals surface area contributed by atoms with Gasteiger partial charge in [0, 0.05) is 13.1 Å². The van der Waals surface area contributed by atoms with Crippen molar-refractivity contribution in [2.75, 3.05) is 24.6 Å². The molecule has 0 aromatic carbocycles. The van der Waals surface area contributed by atoms with Gasteiger partial charge in [-0.2, -0.15) is 0 Å². The van der Waals surface area contributed by atoms with Crippen LogP contribution in [0, 0.1) is 0 Å². The van der Waals surface area contributed by atoms with Gasteiger partial charge in [0.15, 0.2) is 6.29 Å². The Morgan fingerprint density at radius 3 is 2.93 bits per heavy atom. The second-order valence-electron chi connectivity index (χ2n) is 4.32. The summed E-state index contributed by atoms with van der Waals surface area (Å²) >= 11 is 1.54. The van der Waals surface area contributed by atoms with E-state index in [4.69, 9.17) is 4.74 Å². The summed E-state index contributed by atoms with van der Waals surface area (Å²) in [7, 11) is 0. The lowest BCUT2D eigenvalue weighted by Gasteiger charge is -2.38. The number of aldehydes is 1. The monoisotopic (exact) mass is 225 g/mol. The van der Waals surface area contributed by atoms with Crippen LogP contribution in [0.5, 0.6) is 0 Å². The Morgan fingerprint density at radius 2 is 2.33 bits per heavy atom. The molecule has 0 bridgehead atoms. The molecule has 1 aliphatic rings. The number of rotatable bonds is 2. The predicted octanol–water partition coefficient (Wildman–Crippen LogP) is 2.18. The summed E-state index contributed by atoms with van der Waals surface area (Å²) in [5.41, 5.74) is -0.0937. The van der Waals surface area contributed by atoms with Crippen LogP contribution in [0.15, 0.2) is 12.1 Å². The van der Waals surface area contributed by atoms with Crippen LogP contribution in [0.3, 0.4) is 0 Å². The Bertz CT molecular complexity index is 359. The molecule has 0 radical (unpaired) electrons. The molecule has 2 rings (SSSR count). The molecule has 2 heterocycles. The van der Waals surface area contributed by atoms with E-state index in [0.29, 0.717) is 0 Å². The van der Waals surface area contributed by atoms with Crippen molar-refractivity contribution in [1.82, 2.24) is 0 Å². The molecule has 1 saturated heterocycles. The minimum Gasteiger partial charge on any atom is -0.372 e. The largest absolute Gasteiger partial charge is 0.372 e. The molecule has 4 heteroatoms. The lowest BCUT2D eigenvalue weighted by Crippen LogP contribution is -2.48. The number of carbonyl (C=O) groups excluding carboxylic acids is 1. The zero-order valence-electron chi connectivity index (χ0n) is 9.03. The van der Waals surface area contributed by atoms with E-state index in [0.717, 1.165) is 35.9 Å². The average Bonchev–Trinajstić information content (AvgIpc) is 2.64. The van der Waals surface area contributed by atoms with Crippen molar-refractivity contribution in [1.29, 1.82) is 0 Å². The molecule has 82 valence electrons. The molecule has 15 heavy (non-hydrogen) atoms. The number of nitrogens with zero attached hydrogens (tertiary/aromatic N) is 1. The van der Waals surface area contributed by atoms with Gasteiger partial charge in [-0.25, -0.2) is 0 Å². The standard InChI is InChI=1S/C11H15NO2S/c1-11(2)8-12(5-6-14-11)10-4-3-9(7-13)15-10/h3-4,7H,5-6,8H2,1-2H3. The molecule has 0 aliphatic carbocycles. The van der Waals surface area contributed by atoms with Gasteiger partial charge in [0.05, 0.1) is 22.1 Å². The first-order valence-electron chi connectivity index (χ1n) is 5.05. The first kappa shape index (κ1) is 10.6. The van der Waals surface area contributed by atoms with E-state index in [9.17, 15) is 4.79 Å². The first-order chi connectivity index (χ1) is 7.11. The molecule has 1 aromatic rings. The predicted molar refractivity (Wildman–Crippen MR) is 62.0 cm³/mol. The van der Waals surface area contributed by atoms with Crippen LogP contribution >= 0.6 is 11.3 Å². The molecule has 0 unspecified atom stereocenters. The van der Waals surface area contributed by atoms with Crippen LogP contribution in [0.1, 0.15) is 23.5 Å². The molecular formula is C11H15NO2S.